The van der Waals surface area contributed by atoms with Gasteiger partial charge in [-0.3, -0.25) is 4.57 Å². The topological polar surface area (TPSA) is 57.1 Å². The molecule has 0 amide bonds. The van der Waals surface area contributed by atoms with Crippen LogP contribution in [-0.2, 0) is 18.5 Å². The molecule has 0 fully saturated rings. The lowest BCUT2D eigenvalue weighted by atomic mass is 10.0. The number of rotatable bonds is 7. The lowest BCUT2D eigenvalue weighted by Crippen LogP contribution is -2.30. The Balaban J connectivity index is 3.10. The van der Waals surface area contributed by atoms with Crippen molar-refractivity contribution in [1.29, 1.82) is 0 Å². The van der Waals surface area contributed by atoms with E-state index < -0.39 is 12.9 Å². The average Bonchev–Trinajstić information content (AvgIpc) is 2.76. The van der Waals surface area contributed by atoms with Crippen molar-refractivity contribution >= 4 is 13.3 Å². The van der Waals surface area contributed by atoms with Gasteiger partial charge < -0.3 is 13.9 Å². The molecule has 0 N–H and O–H groups in total. The van der Waals surface area contributed by atoms with Gasteiger partial charge in [-0.1, -0.05) is 25.1 Å². The fourth-order valence-electron chi connectivity index (χ4n) is 1.95. The first-order valence-corrected chi connectivity index (χ1v) is 8.27. The summed E-state index contributed by atoms with van der Waals surface area (Å²) in [6, 6.07) is 0. The summed E-state index contributed by atoms with van der Waals surface area (Å²) >= 11 is 0. The van der Waals surface area contributed by atoms with Gasteiger partial charge >= 0.3 is 7.60 Å². The van der Waals surface area contributed by atoms with Gasteiger partial charge in [-0.2, -0.15) is 0 Å². The monoisotopic (exact) mass is 289 g/mol. The van der Waals surface area contributed by atoms with E-state index >= 15 is 0 Å². The van der Waals surface area contributed by atoms with Gasteiger partial charge in [0, 0.05) is 6.42 Å². The van der Waals surface area contributed by atoms with Crippen molar-refractivity contribution in [3.05, 3.63) is 12.2 Å². The molecule has 110 valence electrons. The first-order valence-electron chi connectivity index (χ1n) is 6.72. The minimum atomic E-state index is -3.42. The van der Waals surface area contributed by atoms with E-state index in [9.17, 15) is 4.57 Å². The van der Waals surface area contributed by atoms with E-state index in [-0.39, 0.29) is 5.92 Å². The zero-order chi connectivity index (χ0) is 14.5. The van der Waals surface area contributed by atoms with Gasteiger partial charge in [0.2, 0.25) is 0 Å². The summed E-state index contributed by atoms with van der Waals surface area (Å²) < 4.78 is 23.8. The Morgan fingerprint density at radius 2 is 2.00 bits per heavy atom. The van der Waals surface area contributed by atoms with Crippen LogP contribution in [0.1, 0.15) is 41.0 Å². The Morgan fingerprint density at radius 3 is 2.37 bits per heavy atom. The fraction of sp³-hybridized carbons (Fsp3) is 0.769. The Morgan fingerprint density at radius 1 is 1.42 bits per heavy atom. The van der Waals surface area contributed by atoms with Crippen LogP contribution in [-0.4, -0.2) is 24.3 Å². The maximum Gasteiger partial charge on any atom is 0.381 e. The predicted octanol–water partition coefficient (Wildman–Crippen LogP) is 3.96. The average molecular weight is 289 g/mol. The van der Waals surface area contributed by atoms with Crippen molar-refractivity contribution < 1.29 is 18.5 Å². The molecular formula is C13H24NO4P. The Hall–Kier alpha value is -0.640. The standard InChI is InChI=1S/C13H24NO4P/c1-6-9-13(10-12(11(4)5)14-18-13)19(15,16-7-2)17-8-3/h6,9,11H,7-8,10H2,1-5H3/b9-6-. The number of allylic oxidation sites excluding steroid dienone is 1. The van der Waals surface area contributed by atoms with E-state index in [4.69, 9.17) is 13.9 Å². The van der Waals surface area contributed by atoms with Crippen LogP contribution in [0.2, 0.25) is 0 Å². The minimum Gasteiger partial charge on any atom is -0.372 e. The van der Waals surface area contributed by atoms with Crippen LogP contribution in [0.15, 0.2) is 17.3 Å². The molecule has 0 radical (unpaired) electrons. The van der Waals surface area contributed by atoms with Crippen LogP contribution in [0.5, 0.6) is 0 Å². The highest BCUT2D eigenvalue weighted by molar-refractivity contribution is 7.55. The summed E-state index contributed by atoms with van der Waals surface area (Å²) in [5.41, 5.74) is 0.873. The highest BCUT2D eigenvalue weighted by atomic mass is 31.2. The fourth-order valence-corrected chi connectivity index (χ4v) is 3.97. The van der Waals surface area contributed by atoms with Crippen molar-refractivity contribution in [2.75, 3.05) is 13.2 Å². The number of oxime groups is 1. The Bertz CT molecular complexity index is 395. The molecule has 0 saturated heterocycles. The zero-order valence-electron chi connectivity index (χ0n) is 12.4. The van der Waals surface area contributed by atoms with Gasteiger partial charge in [-0.15, -0.1) is 0 Å². The molecule has 0 aromatic rings. The lowest BCUT2D eigenvalue weighted by molar-refractivity contribution is 0.0467. The molecule has 0 bridgehead atoms. The first-order chi connectivity index (χ1) is 8.94. The normalized spacial score (nSPS) is 24.0. The predicted molar refractivity (Wildman–Crippen MR) is 76.4 cm³/mol. The number of hydrogen-bond donors (Lipinski definition) is 0. The lowest BCUT2D eigenvalue weighted by Gasteiger charge is -2.30. The number of nitrogens with zero attached hydrogens (tertiary/aromatic N) is 1. The molecule has 1 unspecified atom stereocenters. The summed E-state index contributed by atoms with van der Waals surface area (Å²) in [7, 11) is -3.42. The maximum atomic E-state index is 13.0. The molecule has 0 aliphatic carbocycles. The first kappa shape index (κ1) is 16.4. The van der Waals surface area contributed by atoms with Gasteiger partial charge in [0.25, 0.3) is 5.34 Å². The SMILES string of the molecule is C/C=C\C1(P(=O)(OCC)OCC)CC(C(C)C)=NO1. The third-order valence-corrected chi connectivity index (χ3v) is 5.42. The van der Waals surface area contributed by atoms with Gasteiger partial charge in [0.1, 0.15) is 0 Å². The number of hydrogen-bond acceptors (Lipinski definition) is 5. The van der Waals surface area contributed by atoms with Crippen LogP contribution >= 0.6 is 7.60 Å². The van der Waals surface area contributed by atoms with Crippen LogP contribution < -0.4 is 0 Å². The van der Waals surface area contributed by atoms with Crippen molar-refractivity contribution in [3.8, 4) is 0 Å². The van der Waals surface area contributed by atoms with Gasteiger partial charge in [0.05, 0.1) is 18.9 Å². The smallest absolute Gasteiger partial charge is 0.372 e. The molecule has 1 rings (SSSR count). The second kappa shape index (κ2) is 6.69. The van der Waals surface area contributed by atoms with Crippen molar-refractivity contribution in [3.63, 3.8) is 0 Å². The molecule has 0 aromatic carbocycles. The molecule has 5 nitrogen and oxygen atoms in total. The maximum absolute atomic E-state index is 13.0. The third-order valence-electron chi connectivity index (χ3n) is 2.91. The van der Waals surface area contributed by atoms with E-state index in [1.807, 2.05) is 20.8 Å². The largest absolute Gasteiger partial charge is 0.381 e. The van der Waals surface area contributed by atoms with Crippen molar-refractivity contribution in [1.82, 2.24) is 0 Å². The molecule has 19 heavy (non-hydrogen) atoms. The van der Waals surface area contributed by atoms with Crippen LogP contribution in [0.25, 0.3) is 0 Å². The summed E-state index contributed by atoms with van der Waals surface area (Å²) in [5.74, 6) is 0.240. The third kappa shape index (κ3) is 3.28. The van der Waals surface area contributed by atoms with Gasteiger partial charge in [-0.05, 0) is 32.8 Å². The molecule has 1 aliphatic heterocycles. The second-order valence-electron chi connectivity index (χ2n) is 4.68. The van der Waals surface area contributed by atoms with E-state index in [0.717, 1.165) is 5.71 Å². The highest BCUT2D eigenvalue weighted by Crippen LogP contribution is 2.64. The van der Waals surface area contributed by atoms with Crippen molar-refractivity contribution in [2.24, 2.45) is 11.1 Å². The van der Waals surface area contributed by atoms with E-state index in [0.29, 0.717) is 19.6 Å². The molecular weight excluding hydrogens is 265 g/mol. The molecule has 0 spiro atoms. The highest BCUT2D eigenvalue weighted by Gasteiger charge is 2.55. The van der Waals surface area contributed by atoms with E-state index in [2.05, 4.69) is 5.16 Å². The van der Waals surface area contributed by atoms with Crippen LogP contribution in [0.4, 0.5) is 0 Å². The second-order valence-corrected chi connectivity index (χ2v) is 6.95. The summed E-state index contributed by atoms with van der Waals surface area (Å²) in [6.45, 7) is 10.1. The van der Waals surface area contributed by atoms with Gasteiger partial charge in [-0.25, -0.2) is 0 Å². The van der Waals surface area contributed by atoms with Crippen LogP contribution in [0.3, 0.4) is 0 Å². The molecule has 0 aromatic heterocycles. The molecule has 0 saturated carbocycles. The van der Waals surface area contributed by atoms with Crippen LogP contribution in [0, 0.1) is 5.92 Å². The summed E-state index contributed by atoms with van der Waals surface area (Å²) in [6.07, 6.45) is 3.97. The van der Waals surface area contributed by atoms with Gasteiger partial charge in [0.15, 0.2) is 0 Å². The van der Waals surface area contributed by atoms with Crippen molar-refractivity contribution in [2.45, 2.75) is 46.4 Å². The molecule has 1 atom stereocenters. The summed E-state index contributed by atoms with van der Waals surface area (Å²) in [4.78, 5) is 5.51. The van der Waals surface area contributed by atoms with E-state index in [1.54, 1.807) is 26.0 Å². The molecule has 1 heterocycles. The minimum absolute atomic E-state index is 0.240. The Kier molecular flexibility index (Phi) is 5.78. The summed E-state index contributed by atoms with van der Waals surface area (Å²) in [5, 5.41) is 2.95. The quantitative estimate of drug-likeness (QED) is 0.526. The zero-order valence-corrected chi connectivity index (χ0v) is 13.3. The van der Waals surface area contributed by atoms with E-state index in [1.165, 1.54) is 0 Å². The molecule has 1 aliphatic rings. The Labute approximate surface area is 115 Å². The molecule has 6 heteroatoms.